The van der Waals surface area contributed by atoms with E-state index >= 15 is 0 Å². The van der Waals surface area contributed by atoms with Crippen molar-refractivity contribution in [1.82, 2.24) is 4.90 Å². The zero-order chi connectivity index (χ0) is 11.4. The summed E-state index contributed by atoms with van der Waals surface area (Å²) >= 11 is 0. The highest BCUT2D eigenvalue weighted by molar-refractivity contribution is 5.76. The van der Waals surface area contributed by atoms with Gasteiger partial charge in [-0.25, -0.2) is 0 Å². The predicted octanol–water partition coefficient (Wildman–Crippen LogP) is 1.82. The number of nitrogens with zero attached hydrogens (tertiary/aromatic N) is 1. The molecule has 1 amide bonds. The molecule has 0 radical (unpaired) electrons. The molecule has 2 rings (SSSR count). The number of hydrogen-bond acceptors (Lipinski definition) is 2. The van der Waals surface area contributed by atoms with Gasteiger partial charge in [0.05, 0.1) is 0 Å². The quantitative estimate of drug-likeness (QED) is 0.787. The summed E-state index contributed by atoms with van der Waals surface area (Å²) in [5, 5.41) is 0. The number of rotatable bonds is 3. The minimum atomic E-state index is 0.301. The lowest BCUT2D eigenvalue weighted by Gasteiger charge is -2.26. The molecule has 1 aliphatic rings. The van der Waals surface area contributed by atoms with Gasteiger partial charge in [-0.1, -0.05) is 12.1 Å². The monoisotopic (exact) mass is 218 g/mol. The third kappa shape index (κ3) is 2.75. The zero-order valence-corrected chi connectivity index (χ0v) is 9.48. The Morgan fingerprint density at radius 1 is 1.31 bits per heavy atom. The zero-order valence-electron chi connectivity index (χ0n) is 9.48. The Kier molecular flexibility index (Phi) is 3.44. The minimum absolute atomic E-state index is 0.301. The Bertz CT molecular complexity index is 376. The Morgan fingerprint density at radius 2 is 2.19 bits per heavy atom. The molecule has 0 saturated carbocycles. The number of piperidine rings is 1. The first-order valence-electron chi connectivity index (χ1n) is 5.88. The molecule has 0 spiro atoms. The topological polar surface area (TPSA) is 46.3 Å². The number of likely N-dealkylation sites (tertiary alicyclic amines) is 1. The average molecular weight is 218 g/mol. The molecule has 1 heterocycles. The molecule has 0 unspecified atom stereocenters. The summed E-state index contributed by atoms with van der Waals surface area (Å²) in [6.45, 7) is 1.74. The largest absolute Gasteiger partial charge is 0.399 e. The van der Waals surface area contributed by atoms with Crippen molar-refractivity contribution in [3.63, 3.8) is 0 Å². The van der Waals surface area contributed by atoms with Crippen molar-refractivity contribution in [2.75, 3.05) is 18.8 Å². The third-order valence-electron chi connectivity index (χ3n) is 3.04. The first-order valence-corrected chi connectivity index (χ1v) is 5.88. The molecular weight excluding hydrogens is 200 g/mol. The lowest BCUT2D eigenvalue weighted by Crippen LogP contribution is -2.36. The van der Waals surface area contributed by atoms with Crippen LogP contribution < -0.4 is 5.73 Å². The molecule has 86 valence electrons. The van der Waals surface area contributed by atoms with E-state index in [9.17, 15) is 4.79 Å². The summed E-state index contributed by atoms with van der Waals surface area (Å²) < 4.78 is 0. The van der Waals surface area contributed by atoms with Gasteiger partial charge in [-0.05, 0) is 37.0 Å². The van der Waals surface area contributed by atoms with Crippen LogP contribution in [0.2, 0.25) is 0 Å². The molecule has 16 heavy (non-hydrogen) atoms. The van der Waals surface area contributed by atoms with E-state index in [-0.39, 0.29) is 0 Å². The first kappa shape index (κ1) is 11.0. The van der Waals surface area contributed by atoms with Crippen molar-refractivity contribution >= 4 is 11.6 Å². The highest BCUT2D eigenvalue weighted by Gasteiger charge is 2.17. The molecule has 0 aromatic heterocycles. The number of carbonyl (C=O) groups is 1. The minimum Gasteiger partial charge on any atom is -0.399 e. The Balaban J connectivity index is 1.89. The summed E-state index contributed by atoms with van der Waals surface area (Å²) in [5.74, 6) is 0.301. The van der Waals surface area contributed by atoms with E-state index in [2.05, 4.69) is 6.07 Å². The van der Waals surface area contributed by atoms with E-state index in [0.717, 1.165) is 44.5 Å². The maximum Gasteiger partial charge on any atom is 0.222 e. The lowest BCUT2D eigenvalue weighted by atomic mass is 10.1. The Hall–Kier alpha value is -1.51. The summed E-state index contributed by atoms with van der Waals surface area (Å²) in [5.41, 5.74) is 7.71. The molecule has 1 saturated heterocycles. The maximum absolute atomic E-state index is 11.6. The number of hydrogen-bond donors (Lipinski definition) is 1. The van der Waals surface area contributed by atoms with Crippen molar-refractivity contribution < 1.29 is 4.79 Å². The predicted molar refractivity (Wildman–Crippen MR) is 65.0 cm³/mol. The second-order valence-electron chi connectivity index (χ2n) is 4.33. The van der Waals surface area contributed by atoms with Crippen LogP contribution in [0.3, 0.4) is 0 Å². The number of carbonyl (C=O) groups excluding carboxylic acids is 1. The fourth-order valence-electron chi connectivity index (χ4n) is 2.11. The van der Waals surface area contributed by atoms with Gasteiger partial charge in [0.15, 0.2) is 0 Å². The van der Waals surface area contributed by atoms with Gasteiger partial charge < -0.3 is 10.6 Å². The number of amides is 1. The van der Waals surface area contributed by atoms with Gasteiger partial charge in [-0.3, -0.25) is 4.79 Å². The Morgan fingerprint density at radius 3 is 2.94 bits per heavy atom. The summed E-state index contributed by atoms with van der Waals surface area (Å²) in [7, 11) is 0. The van der Waals surface area contributed by atoms with Crippen LogP contribution in [0.5, 0.6) is 0 Å². The van der Waals surface area contributed by atoms with Crippen LogP contribution in [-0.4, -0.2) is 23.9 Å². The van der Waals surface area contributed by atoms with E-state index < -0.39 is 0 Å². The van der Waals surface area contributed by atoms with Crippen LogP contribution in [0.1, 0.15) is 24.8 Å². The van der Waals surface area contributed by atoms with Crippen molar-refractivity contribution in [2.24, 2.45) is 0 Å². The van der Waals surface area contributed by atoms with Gasteiger partial charge in [-0.2, -0.15) is 0 Å². The SMILES string of the molecule is Nc1cccc(CCN2CCCCC2=O)c1. The van der Waals surface area contributed by atoms with E-state index in [1.807, 2.05) is 23.1 Å². The van der Waals surface area contributed by atoms with Gasteiger partial charge >= 0.3 is 0 Å². The van der Waals surface area contributed by atoms with Gasteiger partial charge in [0.2, 0.25) is 5.91 Å². The molecule has 0 bridgehead atoms. The van der Waals surface area contributed by atoms with Crippen LogP contribution in [0.15, 0.2) is 24.3 Å². The van der Waals surface area contributed by atoms with Crippen LogP contribution in [0, 0.1) is 0 Å². The number of benzene rings is 1. The molecule has 2 N–H and O–H groups in total. The van der Waals surface area contributed by atoms with Crippen LogP contribution in [-0.2, 0) is 11.2 Å². The molecule has 0 aliphatic carbocycles. The van der Waals surface area contributed by atoms with E-state index in [4.69, 9.17) is 5.73 Å². The van der Waals surface area contributed by atoms with Crippen molar-refractivity contribution in [3.05, 3.63) is 29.8 Å². The van der Waals surface area contributed by atoms with Crippen LogP contribution in [0.4, 0.5) is 5.69 Å². The highest BCUT2D eigenvalue weighted by atomic mass is 16.2. The fraction of sp³-hybridized carbons (Fsp3) is 0.462. The van der Waals surface area contributed by atoms with Gasteiger partial charge in [0.25, 0.3) is 0 Å². The summed E-state index contributed by atoms with van der Waals surface area (Å²) in [6.07, 6.45) is 3.81. The number of anilines is 1. The Labute approximate surface area is 96.2 Å². The van der Waals surface area contributed by atoms with E-state index in [0.29, 0.717) is 5.91 Å². The molecule has 0 atom stereocenters. The van der Waals surface area contributed by atoms with Crippen molar-refractivity contribution in [3.8, 4) is 0 Å². The average Bonchev–Trinajstić information content (AvgIpc) is 2.28. The molecule has 1 aromatic rings. The molecule has 3 nitrogen and oxygen atoms in total. The first-order chi connectivity index (χ1) is 7.75. The van der Waals surface area contributed by atoms with Crippen LogP contribution >= 0.6 is 0 Å². The molecule has 3 heteroatoms. The van der Waals surface area contributed by atoms with E-state index in [1.54, 1.807) is 0 Å². The maximum atomic E-state index is 11.6. The molecular formula is C13H18N2O. The number of nitrogen functional groups attached to an aromatic ring is 1. The lowest BCUT2D eigenvalue weighted by molar-refractivity contribution is -0.133. The van der Waals surface area contributed by atoms with E-state index in [1.165, 1.54) is 5.56 Å². The molecule has 1 fully saturated rings. The fourth-order valence-corrected chi connectivity index (χ4v) is 2.11. The molecule has 1 aromatic carbocycles. The second-order valence-corrected chi connectivity index (χ2v) is 4.33. The second kappa shape index (κ2) is 5.01. The highest BCUT2D eigenvalue weighted by Crippen LogP contribution is 2.12. The van der Waals surface area contributed by atoms with Crippen LogP contribution in [0.25, 0.3) is 0 Å². The van der Waals surface area contributed by atoms with Gasteiger partial charge in [-0.15, -0.1) is 0 Å². The third-order valence-corrected chi connectivity index (χ3v) is 3.04. The summed E-state index contributed by atoms with van der Waals surface area (Å²) in [6, 6.07) is 7.89. The smallest absolute Gasteiger partial charge is 0.222 e. The summed E-state index contributed by atoms with van der Waals surface area (Å²) in [4.78, 5) is 13.5. The normalized spacial score (nSPS) is 16.5. The van der Waals surface area contributed by atoms with Crippen molar-refractivity contribution in [1.29, 1.82) is 0 Å². The van der Waals surface area contributed by atoms with Crippen molar-refractivity contribution in [2.45, 2.75) is 25.7 Å². The standard InChI is InChI=1S/C13H18N2O/c14-12-5-3-4-11(10-12)7-9-15-8-2-1-6-13(15)16/h3-5,10H,1-2,6-9,14H2. The van der Waals surface area contributed by atoms with Gasteiger partial charge in [0, 0.05) is 25.2 Å². The number of nitrogens with two attached hydrogens (primary N) is 1. The van der Waals surface area contributed by atoms with Gasteiger partial charge in [0.1, 0.15) is 0 Å². The molecule has 1 aliphatic heterocycles.